The second-order valence-corrected chi connectivity index (χ2v) is 13.0. The van der Waals surface area contributed by atoms with Gasteiger partial charge in [0.25, 0.3) is 0 Å². The van der Waals surface area contributed by atoms with Gasteiger partial charge in [0.05, 0.1) is 29.4 Å². The third-order valence-electron chi connectivity index (χ3n) is 8.82. The van der Waals surface area contributed by atoms with Gasteiger partial charge in [0.1, 0.15) is 17.6 Å². The normalized spacial score (nSPS) is 14.6. The third-order valence-corrected chi connectivity index (χ3v) is 9.14. The van der Waals surface area contributed by atoms with Crippen molar-refractivity contribution in [2.24, 2.45) is 0 Å². The number of alkyl halides is 3. The summed E-state index contributed by atoms with van der Waals surface area (Å²) in [5.41, 5.74) is 1.58. The number of rotatable bonds is 16. The SMILES string of the molecule is COc1cc(NC(=O)CCCN(C)C(=O)CCN2CCC(OC(=O)C(F)(F)F)CC2)c(Cl)cc1CCNC[C@H](O)c1ccc(O)c2[nH]c(=O)ccc12. The van der Waals surface area contributed by atoms with Crippen LogP contribution in [0, 0.1) is 0 Å². The molecule has 17 heteroatoms. The minimum Gasteiger partial charge on any atom is -0.506 e. The Morgan fingerprint density at radius 1 is 1.13 bits per heavy atom. The number of carbonyl (C=O) groups is 3. The molecule has 1 saturated heterocycles. The quantitative estimate of drug-likeness (QED) is 0.107. The minimum atomic E-state index is -5.02. The fourth-order valence-corrected chi connectivity index (χ4v) is 6.16. The minimum absolute atomic E-state index is 0.0911. The fraction of sp³-hybridized carbons (Fsp3) is 0.486. The standard InChI is InChI=1S/C35H43ClF3N5O8/c1-43(32(49)12-17-44-15-10-22(11-16-44)52-34(50)35(37,38)39)14-3-4-30(47)41-26-19-29(51-2)21(18-25(26)36)9-13-40-20-28(46)23-5-7-27(45)33-24(23)6-8-31(48)42-33/h5-8,18-19,22,28,40,45-46H,3-4,9-17,20H2,1-2H3,(H,41,47)(H,42,48)/t28-/m0/s1. The molecule has 0 spiro atoms. The van der Waals surface area contributed by atoms with Crippen molar-refractivity contribution in [1.29, 1.82) is 0 Å². The van der Waals surface area contributed by atoms with E-state index >= 15 is 0 Å². The van der Waals surface area contributed by atoms with Crippen molar-refractivity contribution in [3.63, 3.8) is 0 Å². The molecule has 1 fully saturated rings. The third kappa shape index (κ3) is 11.3. The van der Waals surface area contributed by atoms with Crippen molar-refractivity contribution in [2.45, 2.75) is 56.9 Å². The van der Waals surface area contributed by atoms with Crippen molar-refractivity contribution in [2.75, 3.05) is 58.7 Å². The maximum absolute atomic E-state index is 12.7. The van der Waals surface area contributed by atoms with E-state index in [0.717, 1.165) is 5.56 Å². The van der Waals surface area contributed by atoms with Gasteiger partial charge >= 0.3 is 12.1 Å². The number of aromatic amines is 1. The zero-order valence-corrected chi connectivity index (χ0v) is 29.6. The van der Waals surface area contributed by atoms with Gasteiger partial charge in [-0.05, 0) is 61.6 Å². The van der Waals surface area contributed by atoms with Gasteiger partial charge < -0.3 is 45.1 Å². The van der Waals surface area contributed by atoms with E-state index < -0.39 is 24.4 Å². The van der Waals surface area contributed by atoms with Crippen LogP contribution in [-0.4, -0.2) is 108 Å². The van der Waals surface area contributed by atoms with Crippen LogP contribution in [0.5, 0.6) is 11.5 Å². The van der Waals surface area contributed by atoms with Crippen molar-refractivity contribution in [3.05, 3.63) is 62.9 Å². The number of anilines is 1. The summed E-state index contributed by atoms with van der Waals surface area (Å²) in [4.78, 5) is 54.1. The number of H-pyrrole nitrogens is 1. The first-order chi connectivity index (χ1) is 24.7. The lowest BCUT2D eigenvalue weighted by Crippen LogP contribution is -2.41. The van der Waals surface area contributed by atoms with Crippen LogP contribution in [0.25, 0.3) is 10.9 Å². The van der Waals surface area contributed by atoms with E-state index in [2.05, 4.69) is 20.4 Å². The lowest BCUT2D eigenvalue weighted by molar-refractivity contribution is -0.206. The molecule has 1 atom stereocenters. The maximum atomic E-state index is 12.7. The number of pyridine rings is 1. The monoisotopic (exact) mass is 753 g/mol. The van der Waals surface area contributed by atoms with Crippen LogP contribution in [0.1, 0.15) is 49.3 Å². The smallest absolute Gasteiger partial charge is 0.490 e. The highest BCUT2D eigenvalue weighted by atomic mass is 35.5. The highest BCUT2D eigenvalue weighted by molar-refractivity contribution is 6.33. The maximum Gasteiger partial charge on any atom is 0.490 e. The number of esters is 1. The molecule has 2 aromatic carbocycles. The fourth-order valence-electron chi connectivity index (χ4n) is 5.92. The van der Waals surface area contributed by atoms with Gasteiger partial charge in [-0.2, -0.15) is 13.2 Å². The molecular weight excluding hydrogens is 711 g/mol. The first kappa shape index (κ1) is 40.4. The van der Waals surface area contributed by atoms with E-state index in [9.17, 15) is 42.6 Å². The van der Waals surface area contributed by atoms with E-state index in [4.69, 9.17) is 16.3 Å². The Morgan fingerprint density at radius 2 is 1.87 bits per heavy atom. The molecule has 0 unspecified atom stereocenters. The lowest BCUT2D eigenvalue weighted by atomic mass is 10.0. The number of likely N-dealkylation sites (tertiary alicyclic amines) is 1. The van der Waals surface area contributed by atoms with Crippen LogP contribution < -0.4 is 20.9 Å². The molecule has 2 amide bonds. The zero-order valence-electron chi connectivity index (χ0n) is 28.9. The number of aliphatic hydroxyl groups excluding tert-OH is 1. The molecule has 0 bridgehead atoms. The number of phenolic OH excluding ortho intramolecular Hbond substituents is 1. The molecule has 0 radical (unpaired) electrons. The molecule has 5 N–H and O–H groups in total. The average molecular weight is 754 g/mol. The van der Waals surface area contributed by atoms with Crippen LogP contribution in [0.15, 0.2) is 41.2 Å². The summed E-state index contributed by atoms with van der Waals surface area (Å²) in [5, 5.41) is 27.7. The summed E-state index contributed by atoms with van der Waals surface area (Å²) < 4.78 is 47.3. The van der Waals surface area contributed by atoms with Crippen LogP contribution in [0.3, 0.4) is 0 Å². The Balaban J connectivity index is 1.16. The molecule has 13 nitrogen and oxygen atoms in total. The number of phenols is 1. The number of piperidine rings is 1. The molecule has 1 aromatic heterocycles. The summed E-state index contributed by atoms with van der Waals surface area (Å²) in [6.07, 6.45) is -5.00. The van der Waals surface area contributed by atoms with Crippen LogP contribution in [-0.2, 0) is 25.5 Å². The Kier molecular flexibility index (Phi) is 14.3. The van der Waals surface area contributed by atoms with Crippen molar-refractivity contribution in [1.82, 2.24) is 20.1 Å². The summed E-state index contributed by atoms with van der Waals surface area (Å²) in [7, 11) is 3.14. The number of carbonyl (C=O) groups excluding carboxylic acids is 3. The topological polar surface area (TPSA) is 174 Å². The van der Waals surface area contributed by atoms with E-state index in [1.54, 1.807) is 31.3 Å². The Labute approximate surface area is 303 Å². The Morgan fingerprint density at radius 3 is 2.56 bits per heavy atom. The number of methoxy groups -OCH3 is 1. The van der Waals surface area contributed by atoms with Gasteiger partial charge in [-0.15, -0.1) is 0 Å². The second-order valence-electron chi connectivity index (χ2n) is 12.6. The van der Waals surface area contributed by atoms with Gasteiger partial charge in [0.2, 0.25) is 17.4 Å². The molecule has 2 heterocycles. The second kappa shape index (κ2) is 18.4. The molecular formula is C35H43ClF3N5O8. The number of nitrogens with one attached hydrogen (secondary N) is 3. The van der Waals surface area contributed by atoms with Crippen molar-refractivity contribution in [3.8, 4) is 11.5 Å². The number of aromatic nitrogens is 1. The summed E-state index contributed by atoms with van der Waals surface area (Å²) in [5.74, 6) is -2.20. The molecule has 284 valence electrons. The van der Waals surface area contributed by atoms with Crippen LogP contribution in [0.2, 0.25) is 5.02 Å². The Hall–Kier alpha value is -4.38. The predicted molar refractivity (Wildman–Crippen MR) is 187 cm³/mol. The number of benzene rings is 2. The summed E-state index contributed by atoms with van der Waals surface area (Å²) in [6.45, 7) is 2.22. The highest BCUT2D eigenvalue weighted by Gasteiger charge is 2.42. The molecule has 0 aliphatic carbocycles. The number of fused-ring (bicyclic) bond motifs is 1. The largest absolute Gasteiger partial charge is 0.506 e. The molecule has 1 aliphatic heterocycles. The number of amides is 2. The highest BCUT2D eigenvalue weighted by Crippen LogP contribution is 2.32. The van der Waals surface area contributed by atoms with Gasteiger partial charge in [-0.1, -0.05) is 17.7 Å². The zero-order chi connectivity index (χ0) is 38.0. The molecule has 1 aliphatic rings. The number of aromatic hydroxyl groups is 1. The number of hydrogen-bond acceptors (Lipinski definition) is 10. The van der Waals surface area contributed by atoms with Crippen molar-refractivity contribution >= 4 is 46.0 Å². The first-order valence-corrected chi connectivity index (χ1v) is 17.2. The van der Waals surface area contributed by atoms with E-state index in [1.807, 2.05) is 4.90 Å². The van der Waals surface area contributed by atoms with Crippen molar-refractivity contribution < 1.29 is 47.2 Å². The van der Waals surface area contributed by atoms with Crippen LogP contribution >= 0.6 is 11.6 Å². The molecule has 4 rings (SSSR count). The number of aliphatic hydroxyl groups is 1. The van der Waals surface area contributed by atoms with Gasteiger partial charge in [0, 0.05) is 70.1 Å². The number of hydrogen-bond donors (Lipinski definition) is 5. The van der Waals surface area contributed by atoms with Gasteiger partial charge in [-0.25, -0.2) is 4.79 Å². The Bertz CT molecular complexity index is 1780. The van der Waals surface area contributed by atoms with E-state index in [-0.39, 0.29) is 60.9 Å². The predicted octanol–water partition coefficient (Wildman–Crippen LogP) is 3.90. The lowest BCUT2D eigenvalue weighted by Gasteiger charge is -2.31. The number of nitrogens with zero attached hydrogens (tertiary/aromatic N) is 2. The molecule has 3 aromatic rings. The van der Waals surface area contributed by atoms with Crippen LogP contribution in [0.4, 0.5) is 18.9 Å². The van der Waals surface area contributed by atoms with E-state index in [1.165, 1.54) is 24.1 Å². The first-order valence-electron chi connectivity index (χ1n) is 16.8. The molecule has 52 heavy (non-hydrogen) atoms. The average Bonchev–Trinajstić information content (AvgIpc) is 3.10. The number of halogens is 4. The summed E-state index contributed by atoms with van der Waals surface area (Å²) in [6, 6.07) is 9.23. The summed E-state index contributed by atoms with van der Waals surface area (Å²) >= 11 is 6.50. The van der Waals surface area contributed by atoms with Gasteiger partial charge in [0.15, 0.2) is 0 Å². The van der Waals surface area contributed by atoms with E-state index in [0.29, 0.717) is 73.0 Å². The number of ether oxygens (including phenoxy) is 2. The van der Waals surface area contributed by atoms with Gasteiger partial charge in [-0.3, -0.25) is 14.4 Å². The molecule has 0 saturated carbocycles.